The van der Waals surface area contributed by atoms with E-state index in [4.69, 9.17) is 5.73 Å². The van der Waals surface area contributed by atoms with Gasteiger partial charge < -0.3 is 5.73 Å². The average Bonchev–Trinajstić information content (AvgIpc) is 2.60. The number of nitrogen functional groups attached to an aromatic ring is 1. The lowest BCUT2D eigenvalue weighted by Gasteiger charge is -2.11. The van der Waals surface area contributed by atoms with Crippen molar-refractivity contribution in [2.45, 2.75) is 6.18 Å². The molecule has 0 aliphatic carbocycles. The van der Waals surface area contributed by atoms with Crippen molar-refractivity contribution in [3.8, 4) is 5.69 Å². The average molecular weight is 306 g/mol. The summed E-state index contributed by atoms with van der Waals surface area (Å²) < 4.78 is 39.5. The van der Waals surface area contributed by atoms with Gasteiger partial charge >= 0.3 is 6.18 Å². The van der Waals surface area contributed by atoms with E-state index in [-0.39, 0.29) is 11.5 Å². The van der Waals surface area contributed by atoms with Gasteiger partial charge in [0.1, 0.15) is 5.82 Å². The van der Waals surface area contributed by atoms with Gasteiger partial charge in [-0.15, -0.1) is 0 Å². The van der Waals surface area contributed by atoms with Gasteiger partial charge in [-0.3, -0.25) is 0 Å². The van der Waals surface area contributed by atoms with Crippen molar-refractivity contribution in [1.29, 1.82) is 0 Å². The van der Waals surface area contributed by atoms with Crippen molar-refractivity contribution in [1.82, 2.24) is 9.78 Å². The second-order valence-corrected chi connectivity index (χ2v) is 4.17. The fourth-order valence-corrected chi connectivity index (χ4v) is 1.86. The third-order valence-electron chi connectivity index (χ3n) is 2.10. The van der Waals surface area contributed by atoms with E-state index in [1.807, 2.05) is 0 Å². The summed E-state index contributed by atoms with van der Waals surface area (Å²) in [6.45, 7) is 0. The second kappa shape index (κ2) is 4.06. The van der Waals surface area contributed by atoms with Gasteiger partial charge in [0.2, 0.25) is 0 Å². The molecule has 1 aromatic carbocycles. The Labute approximate surface area is 103 Å². The molecular weight excluding hydrogens is 299 g/mol. The first-order chi connectivity index (χ1) is 7.89. The molecule has 2 aromatic rings. The maximum Gasteiger partial charge on any atom is 0.433 e. The van der Waals surface area contributed by atoms with E-state index < -0.39 is 11.9 Å². The molecule has 0 amide bonds. The predicted octanol–water partition coefficient (Wildman–Crippen LogP) is 3.24. The molecule has 0 radical (unpaired) electrons. The maximum absolute atomic E-state index is 12.7. The summed E-state index contributed by atoms with van der Waals surface area (Å²) in [7, 11) is 0. The Balaban J connectivity index is 2.64. The molecule has 3 nitrogen and oxygen atoms in total. The Morgan fingerprint density at radius 2 is 1.88 bits per heavy atom. The highest BCUT2D eigenvalue weighted by molar-refractivity contribution is 9.10. The van der Waals surface area contributed by atoms with Gasteiger partial charge in [0.05, 0.1) is 5.69 Å². The highest BCUT2D eigenvalue weighted by Crippen LogP contribution is 2.33. The Kier molecular flexibility index (Phi) is 2.86. The number of hydrogen-bond acceptors (Lipinski definition) is 2. The van der Waals surface area contributed by atoms with Crippen LogP contribution in [0.15, 0.2) is 34.8 Å². The number of para-hydroxylation sites is 1. The van der Waals surface area contributed by atoms with Crippen LogP contribution in [0.5, 0.6) is 0 Å². The van der Waals surface area contributed by atoms with E-state index in [0.29, 0.717) is 4.47 Å². The summed E-state index contributed by atoms with van der Waals surface area (Å²) >= 11 is 3.17. The lowest BCUT2D eigenvalue weighted by Crippen LogP contribution is -2.13. The highest BCUT2D eigenvalue weighted by atomic mass is 79.9. The standard InChI is InChI=1S/C10H7BrF3N3/c11-6-3-1-2-4-7(6)17-8(10(12,13)14)5-9(15)16-17/h1-5H,(H2,15,16). The van der Waals surface area contributed by atoms with Gasteiger partial charge in [0.25, 0.3) is 0 Å². The molecule has 17 heavy (non-hydrogen) atoms. The highest BCUT2D eigenvalue weighted by Gasteiger charge is 2.36. The zero-order valence-corrected chi connectivity index (χ0v) is 9.96. The summed E-state index contributed by atoms with van der Waals surface area (Å²) in [6, 6.07) is 7.28. The minimum atomic E-state index is -4.50. The van der Waals surface area contributed by atoms with E-state index in [2.05, 4.69) is 21.0 Å². The SMILES string of the molecule is Nc1cc(C(F)(F)F)n(-c2ccccc2Br)n1. The molecule has 0 aliphatic heterocycles. The van der Waals surface area contributed by atoms with E-state index >= 15 is 0 Å². The first-order valence-corrected chi connectivity index (χ1v) is 5.36. The molecule has 0 saturated carbocycles. The zero-order chi connectivity index (χ0) is 12.6. The Morgan fingerprint density at radius 3 is 2.47 bits per heavy atom. The summed E-state index contributed by atoms with van der Waals surface area (Å²) in [6.07, 6.45) is -4.50. The van der Waals surface area contributed by atoms with Gasteiger partial charge in [0.15, 0.2) is 5.69 Å². The molecule has 0 bridgehead atoms. The molecule has 1 heterocycles. The number of halogens is 4. The number of alkyl halides is 3. The number of nitrogens with two attached hydrogens (primary N) is 1. The number of benzene rings is 1. The van der Waals surface area contributed by atoms with Crippen molar-refractivity contribution >= 4 is 21.7 Å². The molecule has 0 aliphatic rings. The molecule has 0 fully saturated rings. The van der Waals surface area contributed by atoms with Crippen molar-refractivity contribution in [3.63, 3.8) is 0 Å². The Morgan fingerprint density at radius 1 is 1.24 bits per heavy atom. The van der Waals surface area contributed by atoms with E-state index in [1.165, 1.54) is 6.07 Å². The molecule has 0 unspecified atom stereocenters. The number of rotatable bonds is 1. The summed E-state index contributed by atoms with van der Waals surface area (Å²) in [4.78, 5) is 0. The van der Waals surface area contributed by atoms with Crippen molar-refractivity contribution < 1.29 is 13.2 Å². The van der Waals surface area contributed by atoms with Crippen molar-refractivity contribution in [2.24, 2.45) is 0 Å². The van der Waals surface area contributed by atoms with Crippen LogP contribution in [0.1, 0.15) is 5.69 Å². The minimum absolute atomic E-state index is 0.173. The van der Waals surface area contributed by atoms with Gasteiger partial charge in [-0.25, -0.2) is 4.68 Å². The van der Waals surface area contributed by atoms with Crippen LogP contribution in [0.2, 0.25) is 0 Å². The maximum atomic E-state index is 12.7. The minimum Gasteiger partial charge on any atom is -0.382 e. The lowest BCUT2D eigenvalue weighted by molar-refractivity contribution is -0.142. The molecule has 0 saturated heterocycles. The van der Waals surface area contributed by atoms with Gasteiger partial charge in [-0.1, -0.05) is 12.1 Å². The van der Waals surface area contributed by atoms with Crippen LogP contribution in [0.4, 0.5) is 19.0 Å². The fourth-order valence-electron chi connectivity index (χ4n) is 1.41. The molecular formula is C10H7BrF3N3. The number of anilines is 1. The van der Waals surface area contributed by atoms with Gasteiger partial charge in [0, 0.05) is 10.5 Å². The quantitative estimate of drug-likeness (QED) is 0.879. The molecule has 0 atom stereocenters. The largest absolute Gasteiger partial charge is 0.433 e. The fraction of sp³-hybridized carbons (Fsp3) is 0.100. The third kappa shape index (κ3) is 2.28. The topological polar surface area (TPSA) is 43.8 Å². The first kappa shape index (κ1) is 12.0. The van der Waals surface area contributed by atoms with Crippen LogP contribution in [-0.2, 0) is 6.18 Å². The van der Waals surface area contributed by atoms with Crippen molar-refractivity contribution in [3.05, 3.63) is 40.5 Å². The zero-order valence-electron chi connectivity index (χ0n) is 8.37. The predicted molar refractivity (Wildman–Crippen MR) is 60.7 cm³/mol. The molecule has 7 heteroatoms. The molecule has 2 rings (SSSR count). The van der Waals surface area contributed by atoms with Gasteiger partial charge in [-0.05, 0) is 28.1 Å². The summed E-state index contributed by atoms with van der Waals surface area (Å²) in [5, 5.41) is 3.65. The van der Waals surface area contributed by atoms with Crippen molar-refractivity contribution in [2.75, 3.05) is 5.73 Å². The van der Waals surface area contributed by atoms with Crippen LogP contribution in [0.3, 0.4) is 0 Å². The molecule has 0 spiro atoms. The third-order valence-corrected chi connectivity index (χ3v) is 2.77. The lowest BCUT2D eigenvalue weighted by atomic mass is 10.3. The second-order valence-electron chi connectivity index (χ2n) is 3.32. The van der Waals surface area contributed by atoms with E-state index in [0.717, 1.165) is 10.7 Å². The summed E-state index contributed by atoms with van der Waals surface area (Å²) in [5.41, 5.74) is 4.70. The van der Waals surface area contributed by atoms with Crippen LogP contribution in [-0.4, -0.2) is 9.78 Å². The normalized spacial score (nSPS) is 11.8. The number of hydrogen-bond donors (Lipinski definition) is 1. The number of aromatic nitrogens is 2. The molecule has 2 N–H and O–H groups in total. The Bertz CT molecular complexity index is 548. The van der Waals surface area contributed by atoms with Crippen LogP contribution >= 0.6 is 15.9 Å². The van der Waals surface area contributed by atoms with E-state index in [1.54, 1.807) is 18.2 Å². The van der Waals surface area contributed by atoms with Crippen LogP contribution in [0, 0.1) is 0 Å². The molecule has 1 aromatic heterocycles. The van der Waals surface area contributed by atoms with Crippen LogP contribution < -0.4 is 5.73 Å². The van der Waals surface area contributed by atoms with Crippen LogP contribution in [0.25, 0.3) is 5.69 Å². The van der Waals surface area contributed by atoms with E-state index in [9.17, 15) is 13.2 Å². The smallest absolute Gasteiger partial charge is 0.382 e. The number of nitrogens with zero attached hydrogens (tertiary/aromatic N) is 2. The molecule has 90 valence electrons. The first-order valence-electron chi connectivity index (χ1n) is 4.57. The Hall–Kier alpha value is -1.50. The monoisotopic (exact) mass is 305 g/mol. The summed E-state index contributed by atoms with van der Waals surface area (Å²) in [5.74, 6) is -0.173. The van der Waals surface area contributed by atoms with Gasteiger partial charge in [-0.2, -0.15) is 18.3 Å².